The second kappa shape index (κ2) is 9.32. The van der Waals surface area contributed by atoms with Crippen LogP contribution in [0.15, 0.2) is 83.3 Å². The van der Waals surface area contributed by atoms with Gasteiger partial charge >= 0.3 is 0 Å². The fourth-order valence-electron chi connectivity index (χ4n) is 2.44. The minimum atomic E-state index is 0.511. The average molecular weight is 347 g/mol. The molecule has 3 rings (SSSR count). The van der Waals surface area contributed by atoms with Crippen molar-refractivity contribution in [2.45, 2.75) is 13.0 Å². The predicted octanol–water partition coefficient (Wildman–Crippen LogP) is 5.00. The number of azo groups is 1. The van der Waals surface area contributed by atoms with Crippen LogP contribution in [-0.4, -0.2) is 18.6 Å². The van der Waals surface area contributed by atoms with E-state index in [0.29, 0.717) is 13.2 Å². The zero-order valence-electron chi connectivity index (χ0n) is 14.7. The summed E-state index contributed by atoms with van der Waals surface area (Å²) in [6.07, 6.45) is 4.19. The van der Waals surface area contributed by atoms with Gasteiger partial charge in [0.05, 0.1) is 19.3 Å². The Labute approximate surface area is 153 Å². The molecule has 0 spiro atoms. The maximum Gasteiger partial charge on any atom is 0.161 e. The monoisotopic (exact) mass is 347 g/mol. The summed E-state index contributed by atoms with van der Waals surface area (Å²) in [4.78, 5) is 3.96. The molecule has 2 aromatic carbocycles. The van der Waals surface area contributed by atoms with Gasteiger partial charge in [-0.1, -0.05) is 36.4 Å². The summed E-state index contributed by atoms with van der Waals surface area (Å²) >= 11 is 0. The molecule has 0 atom stereocenters. The maximum atomic E-state index is 5.88. The van der Waals surface area contributed by atoms with E-state index in [1.165, 1.54) is 0 Å². The van der Waals surface area contributed by atoms with Crippen LogP contribution in [0.3, 0.4) is 0 Å². The number of nitrogens with zero attached hydrogens (tertiary/aromatic N) is 3. The zero-order valence-corrected chi connectivity index (χ0v) is 14.7. The van der Waals surface area contributed by atoms with Crippen molar-refractivity contribution in [1.82, 2.24) is 4.98 Å². The van der Waals surface area contributed by atoms with Crippen molar-refractivity contribution in [2.75, 3.05) is 13.7 Å². The van der Waals surface area contributed by atoms with Crippen molar-refractivity contribution in [2.24, 2.45) is 10.2 Å². The van der Waals surface area contributed by atoms with Gasteiger partial charge in [0.1, 0.15) is 6.61 Å². The summed E-state index contributed by atoms with van der Waals surface area (Å²) in [7, 11) is 1.65. The van der Waals surface area contributed by atoms with Crippen LogP contribution in [0.25, 0.3) is 0 Å². The molecule has 0 saturated heterocycles. The molecule has 0 radical (unpaired) electrons. The third kappa shape index (κ3) is 5.14. The summed E-state index contributed by atoms with van der Waals surface area (Å²) < 4.78 is 11.3. The number of hydrogen-bond donors (Lipinski definition) is 0. The minimum absolute atomic E-state index is 0.511. The topological polar surface area (TPSA) is 56.1 Å². The lowest BCUT2D eigenvalue weighted by molar-refractivity contribution is 0.284. The van der Waals surface area contributed by atoms with Crippen molar-refractivity contribution in [3.8, 4) is 11.5 Å². The molecule has 1 heterocycles. The van der Waals surface area contributed by atoms with Gasteiger partial charge in [-0.25, -0.2) is 0 Å². The summed E-state index contributed by atoms with van der Waals surface area (Å²) in [5.41, 5.74) is 3.06. The molecule has 0 bridgehead atoms. The highest BCUT2D eigenvalue weighted by Crippen LogP contribution is 2.29. The quantitative estimate of drug-likeness (QED) is 0.539. The molecular formula is C21H21N3O2. The molecule has 0 aliphatic carbocycles. The van der Waals surface area contributed by atoms with Crippen LogP contribution in [0.4, 0.5) is 5.69 Å². The van der Waals surface area contributed by atoms with Gasteiger partial charge in [-0.3, -0.25) is 4.98 Å². The standard InChI is InChI=1S/C21H21N3O2/c1-25-21-15-17(9-14-23-24-19-10-12-22-13-11-19)7-8-20(21)26-16-18-5-3-2-4-6-18/h2-8,10-13,15H,9,14,16H2,1H3. The number of hydrogen-bond acceptors (Lipinski definition) is 5. The first-order chi connectivity index (χ1) is 12.8. The smallest absolute Gasteiger partial charge is 0.161 e. The van der Waals surface area contributed by atoms with Crippen molar-refractivity contribution in [3.63, 3.8) is 0 Å². The lowest BCUT2D eigenvalue weighted by atomic mass is 10.1. The van der Waals surface area contributed by atoms with Crippen LogP contribution >= 0.6 is 0 Å². The Morgan fingerprint density at radius 3 is 2.46 bits per heavy atom. The van der Waals surface area contributed by atoms with Gasteiger partial charge in [0.15, 0.2) is 11.5 Å². The van der Waals surface area contributed by atoms with Gasteiger partial charge in [0.25, 0.3) is 0 Å². The van der Waals surface area contributed by atoms with Crippen molar-refractivity contribution >= 4 is 5.69 Å². The Morgan fingerprint density at radius 1 is 0.885 bits per heavy atom. The van der Waals surface area contributed by atoms with Crippen LogP contribution in [-0.2, 0) is 13.0 Å². The fraction of sp³-hybridized carbons (Fsp3) is 0.190. The number of rotatable bonds is 8. The molecule has 0 unspecified atom stereocenters. The third-order valence-corrected chi connectivity index (χ3v) is 3.81. The Hall–Kier alpha value is -3.21. The molecule has 132 valence electrons. The third-order valence-electron chi connectivity index (χ3n) is 3.81. The van der Waals surface area contributed by atoms with Gasteiger partial charge in [-0.2, -0.15) is 10.2 Å². The lowest BCUT2D eigenvalue weighted by Crippen LogP contribution is -1.99. The highest BCUT2D eigenvalue weighted by Gasteiger charge is 2.06. The molecule has 5 nitrogen and oxygen atoms in total. The average Bonchev–Trinajstić information content (AvgIpc) is 2.71. The first-order valence-electron chi connectivity index (χ1n) is 8.46. The summed E-state index contributed by atoms with van der Waals surface area (Å²) in [6.45, 7) is 1.12. The number of ether oxygens (including phenoxy) is 2. The van der Waals surface area contributed by atoms with Crippen LogP contribution < -0.4 is 9.47 Å². The van der Waals surface area contributed by atoms with Crippen molar-refractivity contribution in [3.05, 3.63) is 84.2 Å². The summed E-state index contributed by atoms with van der Waals surface area (Å²) in [6, 6.07) is 19.7. The zero-order chi connectivity index (χ0) is 18.0. The van der Waals surface area contributed by atoms with Crippen LogP contribution in [0.1, 0.15) is 11.1 Å². The normalized spacial score (nSPS) is 10.8. The van der Waals surface area contributed by atoms with Gasteiger partial charge < -0.3 is 9.47 Å². The molecule has 0 aliphatic heterocycles. The van der Waals surface area contributed by atoms with E-state index in [-0.39, 0.29) is 0 Å². The van der Waals surface area contributed by atoms with E-state index in [4.69, 9.17) is 9.47 Å². The van der Waals surface area contributed by atoms with E-state index in [9.17, 15) is 0 Å². The van der Waals surface area contributed by atoms with Gasteiger partial charge in [0, 0.05) is 12.4 Å². The Bertz CT molecular complexity index is 836. The molecule has 1 aromatic heterocycles. The molecule has 5 heteroatoms. The van der Waals surface area contributed by atoms with Gasteiger partial charge in [0.2, 0.25) is 0 Å². The second-order valence-corrected chi connectivity index (χ2v) is 5.68. The van der Waals surface area contributed by atoms with Gasteiger partial charge in [-0.15, -0.1) is 0 Å². The van der Waals surface area contributed by atoms with Gasteiger partial charge in [-0.05, 0) is 41.8 Å². The molecular weight excluding hydrogens is 326 g/mol. The molecule has 3 aromatic rings. The van der Waals surface area contributed by atoms with E-state index in [1.54, 1.807) is 19.5 Å². The summed E-state index contributed by atoms with van der Waals surface area (Å²) in [5.74, 6) is 1.46. The van der Waals surface area contributed by atoms with E-state index < -0.39 is 0 Å². The number of benzene rings is 2. The first kappa shape index (κ1) is 17.6. The first-order valence-corrected chi connectivity index (χ1v) is 8.46. The Balaban J connectivity index is 1.56. The van der Waals surface area contributed by atoms with Crippen LogP contribution in [0, 0.1) is 0 Å². The highest BCUT2D eigenvalue weighted by molar-refractivity contribution is 5.43. The maximum absolute atomic E-state index is 5.88. The van der Waals surface area contributed by atoms with Crippen LogP contribution in [0.2, 0.25) is 0 Å². The minimum Gasteiger partial charge on any atom is -0.493 e. The Kier molecular flexibility index (Phi) is 6.31. The van der Waals surface area contributed by atoms with Crippen molar-refractivity contribution < 1.29 is 9.47 Å². The SMILES string of the molecule is COc1cc(CCN=Nc2ccncc2)ccc1OCc1ccccc1. The second-order valence-electron chi connectivity index (χ2n) is 5.68. The summed E-state index contributed by atoms with van der Waals surface area (Å²) in [5, 5.41) is 8.39. The molecule has 0 amide bonds. The highest BCUT2D eigenvalue weighted by atomic mass is 16.5. The molecule has 0 aliphatic rings. The molecule has 0 N–H and O–H groups in total. The largest absolute Gasteiger partial charge is 0.493 e. The number of methoxy groups -OCH3 is 1. The van der Waals surface area contributed by atoms with Crippen molar-refractivity contribution in [1.29, 1.82) is 0 Å². The van der Waals surface area contributed by atoms with E-state index in [2.05, 4.69) is 15.2 Å². The molecule has 26 heavy (non-hydrogen) atoms. The number of pyridine rings is 1. The predicted molar refractivity (Wildman–Crippen MR) is 101 cm³/mol. The van der Waals surface area contributed by atoms with E-state index >= 15 is 0 Å². The van der Waals surface area contributed by atoms with E-state index in [1.807, 2.05) is 60.7 Å². The van der Waals surface area contributed by atoms with E-state index in [0.717, 1.165) is 34.7 Å². The fourth-order valence-corrected chi connectivity index (χ4v) is 2.44. The number of aromatic nitrogens is 1. The lowest BCUT2D eigenvalue weighted by Gasteiger charge is -2.12. The van der Waals surface area contributed by atoms with Crippen LogP contribution in [0.5, 0.6) is 11.5 Å². The molecule has 0 saturated carbocycles. The Morgan fingerprint density at radius 2 is 1.69 bits per heavy atom. The molecule has 0 fully saturated rings.